The van der Waals surface area contributed by atoms with E-state index in [0.29, 0.717) is 30.7 Å². The zero-order valence-corrected chi connectivity index (χ0v) is 15.9. The van der Waals surface area contributed by atoms with Crippen molar-refractivity contribution < 1.29 is 9.53 Å². The standard InChI is InChI=1S/C18H27N5O4/c1-3-22-16-14(17(25)23(4-2)18(22)26)5-7-21(16)13-15(24)19-6-8-20-9-11-27-12-10-20/h5,7H,3-4,6,8-13H2,1-2H3,(H,19,24). The fourth-order valence-electron chi connectivity index (χ4n) is 3.48. The first-order chi connectivity index (χ1) is 13.1. The number of morpholine rings is 1. The summed E-state index contributed by atoms with van der Waals surface area (Å²) in [6, 6.07) is 1.68. The zero-order valence-electron chi connectivity index (χ0n) is 15.9. The van der Waals surface area contributed by atoms with Crippen molar-refractivity contribution in [2.75, 3.05) is 39.4 Å². The molecule has 9 nitrogen and oxygen atoms in total. The van der Waals surface area contributed by atoms with Gasteiger partial charge in [-0.1, -0.05) is 0 Å². The minimum absolute atomic E-state index is 0.0711. The van der Waals surface area contributed by atoms with Gasteiger partial charge >= 0.3 is 5.69 Å². The maximum atomic E-state index is 12.5. The highest BCUT2D eigenvalue weighted by atomic mass is 16.5. The second kappa shape index (κ2) is 8.53. The summed E-state index contributed by atoms with van der Waals surface area (Å²) in [5.74, 6) is -0.143. The van der Waals surface area contributed by atoms with Crippen molar-refractivity contribution in [3.8, 4) is 0 Å². The lowest BCUT2D eigenvalue weighted by molar-refractivity contribution is -0.121. The number of aryl methyl sites for hydroxylation is 1. The summed E-state index contributed by atoms with van der Waals surface area (Å²) in [6.45, 7) is 9.00. The number of carbonyl (C=O) groups excluding carboxylic acids is 1. The molecule has 3 heterocycles. The predicted octanol–water partition coefficient (Wildman–Crippen LogP) is -0.547. The molecule has 148 valence electrons. The van der Waals surface area contributed by atoms with Crippen molar-refractivity contribution >= 4 is 16.9 Å². The number of hydrogen-bond acceptors (Lipinski definition) is 5. The molecule has 2 aromatic heterocycles. The third-order valence-electron chi connectivity index (χ3n) is 4.93. The second-order valence-corrected chi connectivity index (χ2v) is 6.56. The number of nitrogens with one attached hydrogen (secondary N) is 1. The number of hydrogen-bond donors (Lipinski definition) is 1. The van der Waals surface area contributed by atoms with Gasteiger partial charge in [0.2, 0.25) is 5.91 Å². The van der Waals surface area contributed by atoms with Crippen LogP contribution in [0.3, 0.4) is 0 Å². The third-order valence-corrected chi connectivity index (χ3v) is 4.93. The van der Waals surface area contributed by atoms with Crippen molar-refractivity contribution in [1.82, 2.24) is 23.9 Å². The lowest BCUT2D eigenvalue weighted by Crippen LogP contribution is -2.42. The number of amides is 1. The summed E-state index contributed by atoms with van der Waals surface area (Å²) in [5.41, 5.74) is -0.153. The molecule has 1 aliphatic heterocycles. The molecule has 27 heavy (non-hydrogen) atoms. The van der Waals surface area contributed by atoms with Crippen LogP contribution in [0.25, 0.3) is 11.0 Å². The number of carbonyl (C=O) groups is 1. The van der Waals surface area contributed by atoms with Crippen molar-refractivity contribution in [3.05, 3.63) is 33.1 Å². The van der Waals surface area contributed by atoms with Crippen LogP contribution in [0.1, 0.15) is 13.8 Å². The zero-order chi connectivity index (χ0) is 19.4. The van der Waals surface area contributed by atoms with E-state index in [2.05, 4.69) is 10.2 Å². The fourth-order valence-corrected chi connectivity index (χ4v) is 3.48. The minimum atomic E-state index is -0.342. The molecule has 0 bridgehead atoms. The first-order valence-electron chi connectivity index (χ1n) is 9.46. The van der Waals surface area contributed by atoms with Crippen LogP contribution in [0.15, 0.2) is 21.9 Å². The van der Waals surface area contributed by atoms with Crippen LogP contribution in [-0.4, -0.2) is 63.9 Å². The van der Waals surface area contributed by atoms with E-state index in [1.807, 2.05) is 6.92 Å². The highest BCUT2D eigenvalue weighted by Crippen LogP contribution is 2.10. The molecule has 0 unspecified atom stereocenters. The number of ether oxygens (including phenoxy) is 1. The summed E-state index contributed by atoms with van der Waals surface area (Å²) >= 11 is 0. The van der Waals surface area contributed by atoms with E-state index >= 15 is 0 Å². The van der Waals surface area contributed by atoms with Gasteiger partial charge in [-0.25, -0.2) is 4.79 Å². The Bertz CT molecular complexity index is 920. The molecule has 0 radical (unpaired) electrons. The number of nitrogens with zero attached hydrogens (tertiary/aromatic N) is 4. The van der Waals surface area contributed by atoms with Crippen LogP contribution in [0.2, 0.25) is 0 Å². The maximum absolute atomic E-state index is 12.5. The van der Waals surface area contributed by atoms with Gasteiger partial charge in [0.25, 0.3) is 5.56 Å². The van der Waals surface area contributed by atoms with Crippen molar-refractivity contribution in [2.45, 2.75) is 33.5 Å². The average molecular weight is 377 g/mol. The van der Waals surface area contributed by atoms with E-state index in [4.69, 9.17) is 4.74 Å². The number of rotatable bonds is 7. The summed E-state index contributed by atoms with van der Waals surface area (Å²) in [7, 11) is 0. The molecule has 3 rings (SSSR count). The van der Waals surface area contributed by atoms with Gasteiger partial charge in [-0.2, -0.15) is 0 Å². The SMILES string of the molecule is CCn1c(=O)c2ccn(CC(=O)NCCN3CCOCC3)c2n(CC)c1=O. The summed E-state index contributed by atoms with van der Waals surface area (Å²) in [4.78, 5) is 39.6. The van der Waals surface area contributed by atoms with Crippen LogP contribution >= 0.6 is 0 Å². The largest absolute Gasteiger partial charge is 0.379 e. The Balaban J connectivity index is 1.74. The first-order valence-corrected chi connectivity index (χ1v) is 9.46. The lowest BCUT2D eigenvalue weighted by Gasteiger charge is -2.26. The summed E-state index contributed by atoms with van der Waals surface area (Å²) in [5, 5.41) is 3.37. The van der Waals surface area contributed by atoms with E-state index in [0.717, 1.165) is 32.8 Å². The molecule has 9 heteroatoms. The molecule has 2 aromatic rings. The van der Waals surface area contributed by atoms with Crippen molar-refractivity contribution in [3.63, 3.8) is 0 Å². The van der Waals surface area contributed by atoms with Crippen LogP contribution < -0.4 is 16.6 Å². The molecule has 1 N–H and O–H groups in total. The molecule has 0 aliphatic carbocycles. The highest BCUT2D eigenvalue weighted by Gasteiger charge is 2.16. The van der Waals surface area contributed by atoms with Gasteiger partial charge in [0.1, 0.15) is 12.2 Å². The van der Waals surface area contributed by atoms with Crippen LogP contribution in [0.4, 0.5) is 0 Å². The maximum Gasteiger partial charge on any atom is 0.332 e. The van der Waals surface area contributed by atoms with E-state index < -0.39 is 0 Å². The van der Waals surface area contributed by atoms with Gasteiger partial charge in [-0.3, -0.25) is 23.6 Å². The van der Waals surface area contributed by atoms with Gasteiger partial charge in [-0.05, 0) is 19.9 Å². The number of fused-ring (bicyclic) bond motifs is 1. The van der Waals surface area contributed by atoms with E-state index in [-0.39, 0.29) is 23.7 Å². The van der Waals surface area contributed by atoms with E-state index in [1.54, 1.807) is 28.3 Å². The first kappa shape index (κ1) is 19.4. The van der Waals surface area contributed by atoms with Gasteiger partial charge in [0, 0.05) is 45.5 Å². The smallest absolute Gasteiger partial charge is 0.332 e. The fraction of sp³-hybridized carbons (Fsp3) is 0.611. The third kappa shape index (κ3) is 3.98. The molecule has 1 fully saturated rings. The van der Waals surface area contributed by atoms with Gasteiger partial charge in [0.05, 0.1) is 18.6 Å². The molecule has 0 saturated carbocycles. The minimum Gasteiger partial charge on any atom is -0.379 e. The van der Waals surface area contributed by atoms with E-state index in [9.17, 15) is 14.4 Å². The Morgan fingerprint density at radius 2 is 1.85 bits per heavy atom. The van der Waals surface area contributed by atoms with Crippen molar-refractivity contribution in [2.24, 2.45) is 0 Å². The Labute approximate surface area is 157 Å². The topological polar surface area (TPSA) is 90.5 Å². The van der Waals surface area contributed by atoms with Crippen LogP contribution in [0.5, 0.6) is 0 Å². The predicted molar refractivity (Wildman–Crippen MR) is 102 cm³/mol. The summed E-state index contributed by atoms with van der Waals surface area (Å²) < 4.78 is 9.74. The molecule has 1 amide bonds. The molecular weight excluding hydrogens is 350 g/mol. The Kier molecular flexibility index (Phi) is 6.12. The monoisotopic (exact) mass is 377 g/mol. The number of aromatic nitrogens is 3. The van der Waals surface area contributed by atoms with Crippen molar-refractivity contribution in [1.29, 1.82) is 0 Å². The summed E-state index contributed by atoms with van der Waals surface area (Å²) in [6.07, 6.45) is 1.69. The molecule has 0 aromatic carbocycles. The Morgan fingerprint density at radius 3 is 2.52 bits per heavy atom. The highest BCUT2D eigenvalue weighted by molar-refractivity contribution is 5.80. The van der Waals surface area contributed by atoms with E-state index in [1.165, 1.54) is 4.57 Å². The van der Waals surface area contributed by atoms with Gasteiger partial charge < -0.3 is 14.6 Å². The molecule has 1 saturated heterocycles. The second-order valence-electron chi connectivity index (χ2n) is 6.56. The lowest BCUT2D eigenvalue weighted by atomic mass is 10.4. The Morgan fingerprint density at radius 1 is 1.15 bits per heavy atom. The van der Waals surface area contributed by atoms with Gasteiger partial charge in [-0.15, -0.1) is 0 Å². The Hall–Kier alpha value is -2.39. The van der Waals surface area contributed by atoms with Crippen LogP contribution in [-0.2, 0) is 29.2 Å². The molecule has 0 spiro atoms. The van der Waals surface area contributed by atoms with Gasteiger partial charge in [0.15, 0.2) is 0 Å². The normalized spacial score (nSPS) is 15.3. The molecule has 1 aliphatic rings. The quantitative estimate of drug-likeness (QED) is 0.699. The molecular formula is C18H27N5O4. The molecule has 0 atom stereocenters. The van der Waals surface area contributed by atoms with Crippen LogP contribution in [0, 0.1) is 0 Å². The average Bonchev–Trinajstić information content (AvgIpc) is 3.07.